The zero-order valence-electron chi connectivity index (χ0n) is 12.2. The molecule has 0 amide bonds. The van der Waals surface area contributed by atoms with Gasteiger partial charge in [-0.05, 0) is 49.9 Å². The van der Waals surface area contributed by atoms with Gasteiger partial charge in [0.2, 0.25) is 0 Å². The van der Waals surface area contributed by atoms with Crippen LogP contribution in [0.5, 0.6) is 5.75 Å². The first kappa shape index (κ1) is 14.4. The molecule has 1 aliphatic rings. The zero-order chi connectivity index (χ0) is 13.9. The fourth-order valence-electron chi connectivity index (χ4n) is 2.86. The van der Waals surface area contributed by atoms with E-state index in [1.165, 1.54) is 11.1 Å². The van der Waals surface area contributed by atoms with Crippen molar-refractivity contribution in [2.24, 2.45) is 11.7 Å². The minimum absolute atomic E-state index is 0.148. The summed E-state index contributed by atoms with van der Waals surface area (Å²) in [6, 6.07) is 6.53. The van der Waals surface area contributed by atoms with Gasteiger partial charge in [-0.3, -0.25) is 0 Å². The van der Waals surface area contributed by atoms with Crippen LogP contribution >= 0.6 is 0 Å². The first-order valence-corrected chi connectivity index (χ1v) is 7.15. The van der Waals surface area contributed by atoms with E-state index in [0.29, 0.717) is 12.5 Å². The third-order valence-electron chi connectivity index (χ3n) is 4.31. The molecule has 1 aromatic carbocycles. The van der Waals surface area contributed by atoms with Crippen molar-refractivity contribution in [3.8, 4) is 5.75 Å². The van der Waals surface area contributed by atoms with Crippen LogP contribution in [0.15, 0.2) is 18.2 Å². The number of rotatable bonds is 6. The number of hydrogen-bond acceptors (Lipinski definition) is 3. The molecule has 2 rings (SSSR count). The van der Waals surface area contributed by atoms with Gasteiger partial charge in [-0.2, -0.15) is 0 Å². The Hall–Kier alpha value is -1.06. The lowest BCUT2D eigenvalue weighted by Crippen LogP contribution is -2.52. The summed E-state index contributed by atoms with van der Waals surface area (Å²) in [6.45, 7) is 9.45. The Bertz CT molecular complexity index is 427. The van der Waals surface area contributed by atoms with Crippen LogP contribution in [0.25, 0.3) is 0 Å². The highest BCUT2D eigenvalue weighted by Gasteiger charge is 2.44. The first-order valence-electron chi connectivity index (χ1n) is 7.15. The van der Waals surface area contributed by atoms with Crippen molar-refractivity contribution in [1.82, 2.24) is 0 Å². The lowest BCUT2D eigenvalue weighted by molar-refractivity contribution is -0.0883. The molecule has 19 heavy (non-hydrogen) atoms. The van der Waals surface area contributed by atoms with Crippen molar-refractivity contribution in [1.29, 1.82) is 0 Å². The van der Waals surface area contributed by atoms with E-state index in [0.717, 1.165) is 31.9 Å². The van der Waals surface area contributed by atoms with Crippen molar-refractivity contribution in [3.05, 3.63) is 29.3 Å². The molecule has 1 fully saturated rings. The van der Waals surface area contributed by atoms with Crippen LogP contribution in [0, 0.1) is 12.8 Å². The van der Waals surface area contributed by atoms with Crippen LogP contribution in [-0.2, 0) is 10.2 Å². The predicted molar refractivity (Wildman–Crippen MR) is 77.7 cm³/mol. The van der Waals surface area contributed by atoms with Crippen LogP contribution in [0.4, 0.5) is 0 Å². The molecule has 2 N–H and O–H groups in total. The van der Waals surface area contributed by atoms with Crippen LogP contribution in [0.3, 0.4) is 0 Å². The second-order valence-corrected chi connectivity index (χ2v) is 5.54. The van der Waals surface area contributed by atoms with Gasteiger partial charge in [-0.1, -0.05) is 19.1 Å². The molecule has 0 spiro atoms. The van der Waals surface area contributed by atoms with Crippen molar-refractivity contribution in [3.63, 3.8) is 0 Å². The lowest BCUT2D eigenvalue weighted by Gasteiger charge is -2.47. The summed E-state index contributed by atoms with van der Waals surface area (Å²) < 4.78 is 11.1. The number of aryl methyl sites for hydroxylation is 1. The van der Waals surface area contributed by atoms with E-state index in [1.54, 1.807) is 0 Å². The van der Waals surface area contributed by atoms with E-state index in [1.807, 2.05) is 6.92 Å². The van der Waals surface area contributed by atoms with Crippen molar-refractivity contribution in [2.75, 3.05) is 26.4 Å². The maximum absolute atomic E-state index is 5.72. The van der Waals surface area contributed by atoms with Crippen molar-refractivity contribution in [2.45, 2.75) is 32.6 Å². The molecule has 3 nitrogen and oxygen atoms in total. The highest BCUT2D eigenvalue weighted by Crippen LogP contribution is 2.42. The summed E-state index contributed by atoms with van der Waals surface area (Å²) in [5, 5.41) is 0. The molecular weight excluding hydrogens is 238 g/mol. The maximum atomic E-state index is 5.72. The van der Waals surface area contributed by atoms with E-state index < -0.39 is 0 Å². The number of benzene rings is 1. The molecule has 1 unspecified atom stereocenters. The maximum Gasteiger partial charge on any atom is 0.122 e. The molecule has 1 atom stereocenters. The van der Waals surface area contributed by atoms with E-state index in [9.17, 15) is 0 Å². The number of nitrogens with two attached hydrogens (primary N) is 1. The van der Waals surface area contributed by atoms with E-state index in [4.69, 9.17) is 15.2 Å². The number of ether oxygens (including phenoxy) is 2. The van der Waals surface area contributed by atoms with Gasteiger partial charge in [0.05, 0.1) is 19.8 Å². The number of hydrogen-bond donors (Lipinski definition) is 1. The first-order chi connectivity index (χ1) is 9.14. The van der Waals surface area contributed by atoms with Gasteiger partial charge in [0.25, 0.3) is 0 Å². The van der Waals surface area contributed by atoms with Crippen molar-refractivity contribution < 1.29 is 9.47 Å². The predicted octanol–water partition coefficient (Wildman–Crippen LogP) is 2.65. The van der Waals surface area contributed by atoms with Crippen LogP contribution < -0.4 is 10.5 Å². The molecule has 1 heterocycles. The Morgan fingerprint density at radius 3 is 2.63 bits per heavy atom. The average molecular weight is 263 g/mol. The smallest absolute Gasteiger partial charge is 0.122 e. The van der Waals surface area contributed by atoms with E-state index >= 15 is 0 Å². The molecule has 0 bridgehead atoms. The largest absolute Gasteiger partial charge is 0.494 e. The van der Waals surface area contributed by atoms with Gasteiger partial charge in [0.15, 0.2) is 0 Å². The molecule has 1 aliphatic heterocycles. The molecular formula is C16H25NO2. The minimum atomic E-state index is 0.148. The van der Waals surface area contributed by atoms with Gasteiger partial charge in [-0.25, -0.2) is 0 Å². The monoisotopic (exact) mass is 263 g/mol. The highest BCUT2D eigenvalue weighted by atomic mass is 16.5. The zero-order valence-corrected chi connectivity index (χ0v) is 12.2. The Labute approximate surface area is 116 Å². The van der Waals surface area contributed by atoms with Gasteiger partial charge in [-0.15, -0.1) is 0 Å². The average Bonchev–Trinajstić information content (AvgIpc) is 2.31. The molecule has 0 saturated carbocycles. The summed E-state index contributed by atoms with van der Waals surface area (Å²) in [6.07, 6.45) is 1.04. The van der Waals surface area contributed by atoms with E-state index in [2.05, 4.69) is 32.0 Å². The second kappa shape index (κ2) is 5.93. The molecule has 1 aromatic rings. The topological polar surface area (TPSA) is 44.5 Å². The SMILES string of the molecule is CCOc1ccc(C2(C(C)CCN)COC2)cc1C. The van der Waals surface area contributed by atoms with Gasteiger partial charge in [0, 0.05) is 5.41 Å². The van der Waals surface area contributed by atoms with Crippen LogP contribution in [-0.4, -0.2) is 26.4 Å². The van der Waals surface area contributed by atoms with Crippen LogP contribution in [0.2, 0.25) is 0 Å². The Morgan fingerprint density at radius 2 is 2.16 bits per heavy atom. The summed E-state index contributed by atoms with van der Waals surface area (Å²) in [5.41, 5.74) is 8.42. The fourth-order valence-corrected chi connectivity index (χ4v) is 2.86. The third-order valence-corrected chi connectivity index (χ3v) is 4.31. The molecule has 0 aromatic heterocycles. The normalized spacial score (nSPS) is 18.7. The van der Waals surface area contributed by atoms with Gasteiger partial charge >= 0.3 is 0 Å². The summed E-state index contributed by atoms with van der Waals surface area (Å²) in [4.78, 5) is 0. The van der Waals surface area contributed by atoms with E-state index in [-0.39, 0.29) is 5.41 Å². The quantitative estimate of drug-likeness (QED) is 0.858. The summed E-state index contributed by atoms with van der Waals surface area (Å²) >= 11 is 0. The minimum Gasteiger partial charge on any atom is -0.494 e. The van der Waals surface area contributed by atoms with Gasteiger partial charge < -0.3 is 15.2 Å². The molecule has 3 heteroatoms. The Morgan fingerprint density at radius 1 is 1.42 bits per heavy atom. The Kier molecular flexibility index (Phi) is 4.48. The summed E-state index contributed by atoms with van der Waals surface area (Å²) in [7, 11) is 0. The Balaban J connectivity index is 2.26. The van der Waals surface area contributed by atoms with Gasteiger partial charge in [0.1, 0.15) is 5.75 Å². The molecule has 0 aliphatic carbocycles. The molecule has 1 saturated heterocycles. The molecule has 0 radical (unpaired) electrons. The molecule has 106 valence electrons. The fraction of sp³-hybridized carbons (Fsp3) is 0.625. The van der Waals surface area contributed by atoms with Crippen molar-refractivity contribution >= 4 is 0 Å². The third kappa shape index (κ3) is 2.63. The highest BCUT2D eigenvalue weighted by molar-refractivity contribution is 5.41. The second-order valence-electron chi connectivity index (χ2n) is 5.54. The standard InChI is InChI=1S/C16H25NO2/c1-4-19-15-6-5-14(9-12(15)2)16(10-18-11-16)13(3)7-8-17/h5-6,9,13H,4,7-8,10-11,17H2,1-3H3. The van der Waals surface area contributed by atoms with Crippen LogP contribution in [0.1, 0.15) is 31.4 Å². The summed E-state index contributed by atoms with van der Waals surface area (Å²) in [5.74, 6) is 1.52. The lowest BCUT2D eigenvalue weighted by atomic mass is 9.68.